The number of hydrogen-bond acceptors (Lipinski definition) is 3. The number of hydrogen-bond donors (Lipinski definition) is 1. The molecule has 0 amide bonds. The fraction of sp³-hybridized carbons (Fsp3) is 0.333. The van der Waals surface area contributed by atoms with E-state index in [1.807, 2.05) is 24.3 Å². The molecule has 0 spiro atoms. The first-order chi connectivity index (χ1) is 8.48. The van der Waals surface area contributed by atoms with E-state index in [1.165, 1.54) is 5.56 Å². The van der Waals surface area contributed by atoms with Gasteiger partial charge in [0.2, 0.25) is 0 Å². The minimum absolute atomic E-state index is 0.118. The standard InChI is InChI=1S/C15H18N2O/c1-15(2,3)12-7-5-11(6-8-12)13(18)14-16-9-4-10-17-14/h4-10,13,18H,1-3H3. The van der Waals surface area contributed by atoms with Gasteiger partial charge in [-0.2, -0.15) is 0 Å². The van der Waals surface area contributed by atoms with Gasteiger partial charge in [0, 0.05) is 12.4 Å². The number of benzene rings is 1. The summed E-state index contributed by atoms with van der Waals surface area (Å²) < 4.78 is 0. The van der Waals surface area contributed by atoms with Gasteiger partial charge >= 0.3 is 0 Å². The summed E-state index contributed by atoms with van der Waals surface area (Å²) in [5.74, 6) is 0.431. The minimum Gasteiger partial charge on any atom is -0.380 e. The third kappa shape index (κ3) is 2.74. The van der Waals surface area contributed by atoms with Crippen molar-refractivity contribution >= 4 is 0 Å². The SMILES string of the molecule is CC(C)(C)c1ccc(C(O)c2ncccn2)cc1. The van der Waals surface area contributed by atoms with E-state index in [9.17, 15) is 5.11 Å². The fourth-order valence-electron chi connectivity index (χ4n) is 1.77. The summed E-state index contributed by atoms with van der Waals surface area (Å²) in [6.07, 6.45) is 2.50. The lowest BCUT2D eigenvalue weighted by atomic mass is 9.86. The van der Waals surface area contributed by atoms with Gasteiger partial charge in [0.05, 0.1) is 0 Å². The van der Waals surface area contributed by atoms with Crippen LogP contribution in [0.3, 0.4) is 0 Å². The Morgan fingerprint density at radius 1 is 1.00 bits per heavy atom. The Balaban J connectivity index is 2.25. The normalized spacial score (nSPS) is 13.3. The molecule has 3 nitrogen and oxygen atoms in total. The summed E-state index contributed by atoms with van der Waals surface area (Å²) in [4.78, 5) is 8.13. The first kappa shape index (κ1) is 12.7. The predicted octanol–water partition coefficient (Wildman–Crippen LogP) is 2.86. The van der Waals surface area contributed by atoms with Gasteiger partial charge in [-0.25, -0.2) is 9.97 Å². The molecular weight excluding hydrogens is 224 g/mol. The highest BCUT2D eigenvalue weighted by Crippen LogP contribution is 2.25. The quantitative estimate of drug-likeness (QED) is 0.880. The highest BCUT2D eigenvalue weighted by molar-refractivity contribution is 5.30. The maximum Gasteiger partial charge on any atom is 0.161 e. The lowest BCUT2D eigenvalue weighted by molar-refractivity contribution is 0.209. The van der Waals surface area contributed by atoms with E-state index in [-0.39, 0.29) is 5.41 Å². The van der Waals surface area contributed by atoms with Crippen LogP contribution in [0.5, 0.6) is 0 Å². The molecule has 18 heavy (non-hydrogen) atoms. The van der Waals surface area contributed by atoms with Crippen molar-refractivity contribution in [1.29, 1.82) is 0 Å². The van der Waals surface area contributed by atoms with Gasteiger partial charge in [0.25, 0.3) is 0 Å². The number of nitrogens with zero attached hydrogens (tertiary/aromatic N) is 2. The first-order valence-electron chi connectivity index (χ1n) is 6.04. The lowest BCUT2D eigenvalue weighted by Gasteiger charge is -2.19. The zero-order chi connectivity index (χ0) is 13.2. The zero-order valence-corrected chi connectivity index (χ0v) is 11.0. The molecule has 0 aliphatic heterocycles. The van der Waals surface area contributed by atoms with E-state index in [4.69, 9.17) is 0 Å². The van der Waals surface area contributed by atoms with Crippen molar-refractivity contribution in [2.45, 2.75) is 32.3 Å². The molecule has 1 unspecified atom stereocenters. The molecule has 1 heterocycles. The third-order valence-corrected chi connectivity index (χ3v) is 2.92. The summed E-state index contributed by atoms with van der Waals surface area (Å²) in [5.41, 5.74) is 2.17. The number of rotatable bonds is 2. The maximum absolute atomic E-state index is 10.2. The van der Waals surface area contributed by atoms with Crippen LogP contribution in [0.1, 0.15) is 43.8 Å². The third-order valence-electron chi connectivity index (χ3n) is 2.92. The number of aliphatic hydroxyl groups excluding tert-OH is 1. The number of aromatic nitrogens is 2. The summed E-state index contributed by atoms with van der Waals surface area (Å²) in [6, 6.07) is 9.69. The second-order valence-corrected chi connectivity index (χ2v) is 5.38. The van der Waals surface area contributed by atoms with E-state index in [0.29, 0.717) is 5.82 Å². The molecule has 1 atom stereocenters. The van der Waals surface area contributed by atoms with Crippen molar-refractivity contribution in [2.75, 3.05) is 0 Å². The molecule has 2 rings (SSSR count). The molecule has 1 aromatic heterocycles. The van der Waals surface area contributed by atoms with Crippen LogP contribution in [0.15, 0.2) is 42.7 Å². The molecule has 0 fully saturated rings. The van der Waals surface area contributed by atoms with Crippen LogP contribution in [-0.4, -0.2) is 15.1 Å². The largest absolute Gasteiger partial charge is 0.380 e. The Morgan fingerprint density at radius 3 is 2.06 bits per heavy atom. The van der Waals surface area contributed by atoms with Crippen LogP contribution in [0.2, 0.25) is 0 Å². The monoisotopic (exact) mass is 242 g/mol. The van der Waals surface area contributed by atoms with Crippen LogP contribution < -0.4 is 0 Å². The molecule has 0 aliphatic rings. The molecule has 0 saturated carbocycles. The Bertz CT molecular complexity index is 500. The molecule has 2 aromatic rings. The van der Waals surface area contributed by atoms with Crippen molar-refractivity contribution < 1.29 is 5.11 Å². The van der Waals surface area contributed by atoms with Gasteiger partial charge in [0.15, 0.2) is 5.82 Å². The first-order valence-corrected chi connectivity index (χ1v) is 6.04. The van der Waals surface area contributed by atoms with Gasteiger partial charge in [-0.1, -0.05) is 45.0 Å². The van der Waals surface area contributed by atoms with Crippen LogP contribution in [-0.2, 0) is 5.41 Å². The van der Waals surface area contributed by atoms with Gasteiger partial charge in [-0.15, -0.1) is 0 Å². The molecule has 1 aromatic carbocycles. The van der Waals surface area contributed by atoms with E-state index in [0.717, 1.165) is 5.56 Å². The Hall–Kier alpha value is -1.74. The average Bonchev–Trinajstić information content (AvgIpc) is 2.38. The summed E-state index contributed by atoms with van der Waals surface area (Å²) in [6.45, 7) is 6.50. The molecule has 0 saturated heterocycles. The van der Waals surface area contributed by atoms with Crippen molar-refractivity contribution in [3.8, 4) is 0 Å². The van der Waals surface area contributed by atoms with Crippen molar-refractivity contribution in [1.82, 2.24) is 9.97 Å². The molecule has 0 radical (unpaired) electrons. The molecule has 94 valence electrons. The van der Waals surface area contributed by atoms with E-state index >= 15 is 0 Å². The maximum atomic E-state index is 10.2. The van der Waals surface area contributed by atoms with Gasteiger partial charge in [0.1, 0.15) is 6.10 Å². The van der Waals surface area contributed by atoms with Crippen LogP contribution in [0.25, 0.3) is 0 Å². The fourth-order valence-corrected chi connectivity index (χ4v) is 1.77. The Labute approximate surface area is 108 Å². The van der Waals surface area contributed by atoms with Crippen LogP contribution >= 0.6 is 0 Å². The number of aliphatic hydroxyl groups is 1. The molecule has 0 bridgehead atoms. The smallest absolute Gasteiger partial charge is 0.161 e. The molecule has 3 heteroatoms. The average molecular weight is 242 g/mol. The van der Waals surface area contributed by atoms with E-state index < -0.39 is 6.10 Å². The molecular formula is C15H18N2O. The minimum atomic E-state index is -0.764. The van der Waals surface area contributed by atoms with Crippen LogP contribution in [0.4, 0.5) is 0 Å². The zero-order valence-electron chi connectivity index (χ0n) is 11.0. The summed E-state index contributed by atoms with van der Waals surface area (Å²) >= 11 is 0. The second kappa shape index (κ2) is 4.86. The van der Waals surface area contributed by atoms with E-state index in [2.05, 4.69) is 30.7 Å². The van der Waals surface area contributed by atoms with Crippen molar-refractivity contribution in [3.63, 3.8) is 0 Å². The van der Waals surface area contributed by atoms with Gasteiger partial charge < -0.3 is 5.11 Å². The molecule has 1 N–H and O–H groups in total. The predicted molar refractivity (Wildman–Crippen MR) is 71.2 cm³/mol. The van der Waals surface area contributed by atoms with Crippen molar-refractivity contribution in [3.05, 3.63) is 59.7 Å². The second-order valence-electron chi connectivity index (χ2n) is 5.38. The lowest BCUT2D eigenvalue weighted by Crippen LogP contribution is -2.11. The highest BCUT2D eigenvalue weighted by Gasteiger charge is 2.16. The topological polar surface area (TPSA) is 46.0 Å². The highest BCUT2D eigenvalue weighted by atomic mass is 16.3. The Morgan fingerprint density at radius 2 is 1.56 bits per heavy atom. The van der Waals surface area contributed by atoms with Gasteiger partial charge in [-0.05, 0) is 22.6 Å². The summed E-state index contributed by atoms with van der Waals surface area (Å²) in [7, 11) is 0. The Kier molecular flexibility index (Phi) is 3.43. The van der Waals surface area contributed by atoms with Gasteiger partial charge in [-0.3, -0.25) is 0 Å². The van der Waals surface area contributed by atoms with Crippen molar-refractivity contribution in [2.24, 2.45) is 0 Å². The van der Waals surface area contributed by atoms with E-state index in [1.54, 1.807) is 18.5 Å². The molecule has 0 aliphatic carbocycles. The summed E-state index contributed by atoms with van der Waals surface area (Å²) in [5, 5.41) is 10.2. The van der Waals surface area contributed by atoms with Crippen LogP contribution in [0, 0.1) is 0 Å².